The number of hydrogen-bond acceptors (Lipinski definition) is 5. The van der Waals surface area contributed by atoms with Gasteiger partial charge in [0.25, 0.3) is 0 Å². The van der Waals surface area contributed by atoms with Crippen LogP contribution in [0.5, 0.6) is 0 Å². The lowest BCUT2D eigenvalue weighted by Crippen LogP contribution is -2.35. The quantitative estimate of drug-likeness (QED) is 0.826. The van der Waals surface area contributed by atoms with E-state index in [1.807, 2.05) is 0 Å². The Kier molecular flexibility index (Phi) is 3.40. The molecule has 2 fully saturated rings. The first-order valence-electron chi connectivity index (χ1n) is 6.22. The Hall–Kier alpha value is -0.490. The molecule has 7 heteroatoms. The molecule has 4 atom stereocenters. The van der Waals surface area contributed by atoms with Crippen molar-refractivity contribution < 1.29 is 0 Å². The molecule has 5 nitrogen and oxygen atoms in total. The molecular weight excluding hydrogens is 273 g/mol. The Morgan fingerprint density at radius 2 is 1.94 bits per heavy atom. The average Bonchev–Trinajstić information content (AvgIpc) is 2.74. The van der Waals surface area contributed by atoms with Gasteiger partial charge in [0.05, 0.1) is 0 Å². The van der Waals surface area contributed by atoms with Crippen LogP contribution in [0.1, 0.15) is 37.9 Å². The van der Waals surface area contributed by atoms with Crippen LogP contribution in [0.25, 0.3) is 0 Å². The van der Waals surface area contributed by atoms with Gasteiger partial charge in [0, 0.05) is 18.0 Å². The number of halogens is 2. The molecule has 3 rings (SSSR count). The largest absolute Gasteiger partial charge is 0.254 e. The maximum atomic E-state index is 5.90. The molecule has 1 aliphatic heterocycles. The molecule has 1 saturated heterocycles. The Balaban J connectivity index is 1.79. The minimum Gasteiger partial charge on any atom is -0.254 e. The first-order valence-corrected chi connectivity index (χ1v) is 6.97. The fourth-order valence-electron chi connectivity index (χ4n) is 3.00. The third-order valence-corrected chi connectivity index (χ3v) is 4.64. The second-order valence-electron chi connectivity index (χ2n) is 5.11. The maximum absolute atomic E-state index is 5.90. The third-order valence-electron chi connectivity index (χ3n) is 4.03. The number of nitrogens with zero attached hydrogens (tertiary/aromatic N) is 3. The van der Waals surface area contributed by atoms with E-state index in [2.05, 4.69) is 33.0 Å². The second-order valence-corrected chi connectivity index (χ2v) is 5.83. The van der Waals surface area contributed by atoms with Gasteiger partial charge in [0.2, 0.25) is 0 Å². The van der Waals surface area contributed by atoms with Gasteiger partial charge in [-0.3, -0.25) is 10.9 Å². The molecule has 0 aromatic carbocycles. The summed E-state index contributed by atoms with van der Waals surface area (Å²) in [6.45, 7) is 2.20. The molecule has 0 radical (unpaired) electrons. The van der Waals surface area contributed by atoms with Gasteiger partial charge >= 0.3 is 0 Å². The summed E-state index contributed by atoms with van der Waals surface area (Å²) >= 11 is 11.6. The van der Waals surface area contributed by atoms with E-state index < -0.39 is 0 Å². The molecule has 1 saturated carbocycles. The van der Waals surface area contributed by atoms with Gasteiger partial charge in [-0.05, 0) is 32.1 Å². The van der Waals surface area contributed by atoms with Crippen molar-refractivity contribution in [2.24, 2.45) is 5.92 Å². The molecule has 1 aliphatic carbocycles. The topological polar surface area (TPSA) is 62.7 Å². The number of nitrogens with one attached hydrogen (secondary N) is 2. The zero-order chi connectivity index (χ0) is 12.7. The number of hydrazine groups is 1. The molecule has 2 aliphatic rings. The van der Waals surface area contributed by atoms with Gasteiger partial charge < -0.3 is 0 Å². The molecule has 1 aromatic rings. The van der Waals surface area contributed by atoms with Crippen LogP contribution in [0.15, 0.2) is 0 Å². The Morgan fingerprint density at radius 1 is 1.11 bits per heavy atom. The van der Waals surface area contributed by atoms with E-state index in [0.29, 0.717) is 23.9 Å². The maximum Gasteiger partial charge on any atom is 0.189 e. The van der Waals surface area contributed by atoms with E-state index in [-0.39, 0.29) is 10.3 Å². The van der Waals surface area contributed by atoms with E-state index in [1.54, 1.807) is 0 Å². The summed E-state index contributed by atoms with van der Waals surface area (Å²) in [6.07, 6.45) is 3.24. The van der Waals surface area contributed by atoms with E-state index in [1.165, 1.54) is 0 Å². The Morgan fingerprint density at radius 3 is 2.72 bits per heavy atom. The Labute approximate surface area is 116 Å². The van der Waals surface area contributed by atoms with E-state index in [9.17, 15) is 0 Å². The van der Waals surface area contributed by atoms with Crippen molar-refractivity contribution in [3.8, 4) is 0 Å². The monoisotopic (exact) mass is 287 g/mol. The van der Waals surface area contributed by atoms with Crippen molar-refractivity contribution in [3.63, 3.8) is 0 Å². The van der Waals surface area contributed by atoms with Gasteiger partial charge in [-0.25, -0.2) is 4.98 Å². The number of fused-ring (bicyclic) bond motifs is 1. The molecule has 98 valence electrons. The molecular formula is C11H15Cl2N5. The fourth-order valence-corrected chi connectivity index (χ4v) is 3.20. The average molecular weight is 288 g/mol. The van der Waals surface area contributed by atoms with Crippen LogP contribution in [0.4, 0.5) is 0 Å². The second kappa shape index (κ2) is 4.89. The SMILES string of the molecule is CC1NNC2CCC(c3nnc(Cl)c(Cl)n3)CC12. The third kappa shape index (κ3) is 2.20. The minimum absolute atomic E-state index is 0.173. The lowest BCUT2D eigenvalue weighted by Gasteiger charge is -2.31. The van der Waals surface area contributed by atoms with Crippen LogP contribution in [-0.2, 0) is 0 Å². The van der Waals surface area contributed by atoms with Crippen LogP contribution in [0, 0.1) is 5.92 Å². The zero-order valence-electron chi connectivity index (χ0n) is 10.0. The van der Waals surface area contributed by atoms with Crippen LogP contribution in [0.2, 0.25) is 10.3 Å². The van der Waals surface area contributed by atoms with Crippen molar-refractivity contribution in [1.82, 2.24) is 26.0 Å². The summed E-state index contributed by atoms with van der Waals surface area (Å²) in [5.74, 6) is 1.67. The first kappa shape index (κ1) is 12.5. The van der Waals surface area contributed by atoms with Crippen molar-refractivity contribution in [2.45, 2.75) is 44.2 Å². The lowest BCUT2D eigenvalue weighted by molar-refractivity contribution is 0.275. The van der Waals surface area contributed by atoms with Crippen molar-refractivity contribution >= 4 is 23.2 Å². The molecule has 18 heavy (non-hydrogen) atoms. The predicted octanol–water partition coefficient (Wildman–Crippen LogP) is 1.93. The van der Waals surface area contributed by atoms with E-state index in [0.717, 1.165) is 25.1 Å². The number of hydrogen-bond donors (Lipinski definition) is 2. The number of rotatable bonds is 1. The van der Waals surface area contributed by atoms with Crippen LogP contribution in [-0.4, -0.2) is 27.3 Å². The summed E-state index contributed by atoms with van der Waals surface area (Å²) in [7, 11) is 0. The Bertz CT molecular complexity index is 455. The zero-order valence-corrected chi connectivity index (χ0v) is 11.5. The minimum atomic E-state index is 0.173. The molecule has 0 bridgehead atoms. The smallest absolute Gasteiger partial charge is 0.189 e. The van der Waals surface area contributed by atoms with Gasteiger partial charge in [-0.1, -0.05) is 23.2 Å². The summed E-state index contributed by atoms with van der Waals surface area (Å²) in [5.41, 5.74) is 6.65. The molecule has 0 amide bonds. The predicted molar refractivity (Wildman–Crippen MR) is 69.5 cm³/mol. The molecule has 2 heterocycles. The van der Waals surface area contributed by atoms with E-state index in [4.69, 9.17) is 23.2 Å². The van der Waals surface area contributed by atoms with Gasteiger partial charge in [-0.15, -0.1) is 10.2 Å². The van der Waals surface area contributed by atoms with Crippen LogP contribution in [0.3, 0.4) is 0 Å². The highest BCUT2D eigenvalue weighted by Crippen LogP contribution is 2.38. The van der Waals surface area contributed by atoms with Gasteiger partial charge in [-0.2, -0.15) is 0 Å². The van der Waals surface area contributed by atoms with Gasteiger partial charge in [0.15, 0.2) is 16.1 Å². The standard InChI is InChI=1S/C11H15Cl2N5/c1-5-7-4-6(2-3-8(7)16-15-5)11-14-9(12)10(13)17-18-11/h5-8,15-16H,2-4H2,1H3. The van der Waals surface area contributed by atoms with Crippen molar-refractivity contribution in [1.29, 1.82) is 0 Å². The van der Waals surface area contributed by atoms with Crippen LogP contribution >= 0.6 is 23.2 Å². The van der Waals surface area contributed by atoms with Gasteiger partial charge in [0.1, 0.15) is 0 Å². The van der Waals surface area contributed by atoms with Crippen molar-refractivity contribution in [2.75, 3.05) is 0 Å². The highest BCUT2D eigenvalue weighted by atomic mass is 35.5. The molecule has 2 N–H and O–H groups in total. The highest BCUT2D eigenvalue weighted by molar-refractivity contribution is 6.40. The normalized spacial score (nSPS) is 35.5. The summed E-state index contributed by atoms with van der Waals surface area (Å²) < 4.78 is 0. The summed E-state index contributed by atoms with van der Waals surface area (Å²) in [4.78, 5) is 4.25. The molecule has 0 spiro atoms. The van der Waals surface area contributed by atoms with Crippen molar-refractivity contribution in [3.05, 3.63) is 16.1 Å². The van der Waals surface area contributed by atoms with E-state index >= 15 is 0 Å². The first-order chi connectivity index (χ1) is 8.65. The highest BCUT2D eigenvalue weighted by Gasteiger charge is 2.39. The number of aromatic nitrogens is 3. The lowest BCUT2D eigenvalue weighted by atomic mass is 9.76. The molecule has 4 unspecified atom stereocenters. The summed E-state index contributed by atoms with van der Waals surface area (Å²) in [5, 5.41) is 8.35. The molecule has 1 aromatic heterocycles. The fraction of sp³-hybridized carbons (Fsp3) is 0.727. The van der Waals surface area contributed by atoms with Crippen LogP contribution < -0.4 is 10.9 Å². The summed E-state index contributed by atoms with van der Waals surface area (Å²) in [6, 6.07) is 1.04.